The van der Waals surface area contributed by atoms with Crippen molar-refractivity contribution in [2.75, 3.05) is 12.8 Å². The molecule has 1 aromatic rings. The minimum Gasteiger partial charge on any atom is -0.398 e. The van der Waals surface area contributed by atoms with Gasteiger partial charge in [-0.1, -0.05) is 0 Å². The Morgan fingerprint density at radius 1 is 1.53 bits per heavy atom. The lowest BCUT2D eigenvalue weighted by Gasteiger charge is -2.25. The predicted octanol–water partition coefficient (Wildman–Crippen LogP) is 2.28. The smallest absolute Gasteiger partial charge is 0.256 e. The van der Waals surface area contributed by atoms with Crippen molar-refractivity contribution in [3.8, 4) is 0 Å². The van der Waals surface area contributed by atoms with E-state index in [4.69, 9.17) is 5.73 Å². The Labute approximate surface area is 100 Å². The summed E-state index contributed by atoms with van der Waals surface area (Å²) in [7, 11) is 1.75. The van der Waals surface area contributed by atoms with E-state index in [2.05, 4.69) is 0 Å². The first-order valence-electron chi connectivity index (χ1n) is 5.83. The molecular weight excluding hydrogens is 219 g/mol. The van der Waals surface area contributed by atoms with Crippen molar-refractivity contribution in [1.82, 2.24) is 4.90 Å². The Morgan fingerprint density at radius 2 is 2.18 bits per heavy atom. The van der Waals surface area contributed by atoms with Gasteiger partial charge in [-0.15, -0.1) is 0 Å². The Bertz CT molecular complexity index is 443. The molecule has 1 fully saturated rings. The van der Waals surface area contributed by atoms with E-state index in [9.17, 15) is 9.18 Å². The van der Waals surface area contributed by atoms with Crippen LogP contribution in [0.25, 0.3) is 0 Å². The number of benzene rings is 1. The standard InChI is InChI=1S/C13H17FN2O/c1-8(9-3-4-9)16(2)13(17)11-7-10(14)5-6-12(11)15/h5-9H,3-4,15H2,1-2H3. The van der Waals surface area contributed by atoms with Crippen molar-refractivity contribution in [2.24, 2.45) is 5.92 Å². The van der Waals surface area contributed by atoms with Gasteiger partial charge in [0.15, 0.2) is 0 Å². The van der Waals surface area contributed by atoms with Crippen molar-refractivity contribution in [1.29, 1.82) is 0 Å². The summed E-state index contributed by atoms with van der Waals surface area (Å²) in [5, 5.41) is 0. The number of carbonyl (C=O) groups excluding carboxylic acids is 1. The van der Waals surface area contributed by atoms with Crippen LogP contribution in [0.3, 0.4) is 0 Å². The summed E-state index contributed by atoms with van der Waals surface area (Å²) in [6.07, 6.45) is 2.33. The fraction of sp³-hybridized carbons (Fsp3) is 0.462. The van der Waals surface area contributed by atoms with Crippen LogP contribution in [0, 0.1) is 11.7 Å². The zero-order valence-corrected chi connectivity index (χ0v) is 10.1. The molecule has 17 heavy (non-hydrogen) atoms. The molecule has 2 rings (SSSR count). The van der Waals surface area contributed by atoms with Crippen molar-refractivity contribution >= 4 is 11.6 Å². The fourth-order valence-electron chi connectivity index (χ4n) is 1.98. The summed E-state index contributed by atoms with van der Waals surface area (Å²) < 4.78 is 13.1. The van der Waals surface area contributed by atoms with Gasteiger partial charge in [-0.05, 0) is 43.9 Å². The van der Waals surface area contributed by atoms with Crippen LogP contribution in [0.1, 0.15) is 30.1 Å². The molecule has 0 bridgehead atoms. The lowest BCUT2D eigenvalue weighted by Crippen LogP contribution is -2.36. The van der Waals surface area contributed by atoms with Crippen LogP contribution in [0.15, 0.2) is 18.2 Å². The minimum atomic E-state index is -0.435. The molecule has 1 aliphatic carbocycles. The van der Waals surface area contributed by atoms with Gasteiger partial charge in [0.05, 0.1) is 5.56 Å². The van der Waals surface area contributed by atoms with Gasteiger partial charge >= 0.3 is 0 Å². The summed E-state index contributed by atoms with van der Waals surface area (Å²) in [6, 6.07) is 4.08. The SMILES string of the molecule is CC(C1CC1)N(C)C(=O)c1cc(F)ccc1N. The van der Waals surface area contributed by atoms with E-state index in [1.54, 1.807) is 11.9 Å². The van der Waals surface area contributed by atoms with Crippen LogP contribution < -0.4 is 5.73 Å². The summed E-state index contributed by atoms with van der Waals surface area (Å²) in [4.78, 5) is 13.8. The zero-order chi connectivity index (χ0) is 12.6. The molecule has 92 valence electrons. The van der Waals surface area contributed by atoms with Gasteiger partial charge in [0, 0.05) is 18.8 Å². The zero-order valence-electron chi connectivity index (χ0n) is 10.1. The van der Waals surface area contributed by atoms with Crippen LogP contribution in [-0.2, 0) is 0 Å². The average Bonchev–Trinajstić information content (AvgIpc) is 3.13. The Balaban J connectivity index is 2.20. The lowest BCUT2D eigenvalue weighted by atomic mass is 10.1. The lowest BCUT2D eigenvalue weighted by molar-refractivity contribution is 0.0728. The molecule has 1 saturated carbocycles. The molecular formula is C13H17FN2O. The maximum Gasteiger partial charge on any atom is 0.256 e. The van der Waals surface area contributed by atoms with Crippen LogP contribution in [0.2, 0.25) is 0 Å². The van der Waals surface area contributed by atoms with Gasteiger partial charge in [0.2, 0.25) is 0 Å². The normalized spacial score (nSPS) is 16.6. The van der Waals surface area contributed by atoms with Crippen molar-refractivity contribution in [3.05, 3.63) is 29.6 Å². The molecule has 0 spiro atoms. The monoisotopic (exact) mass is 236 g/mol. The summed E-state index contributed by atoms with van der Waals surface area (Å²) >= 11 is 0. The highest BCUT2D eigenvalue weighted by molar-refractivity contribution is 5.99. The number of nitrogen functional groups attached to an aromatic ring is 1. The Hall–Kier alpha value is -1.58. The topological polar surface area (TPSA) is 46.3 Å². The van der Waals surface area contributed by atoms with E-state index in [0.29, 0.717) is 11.6 Å². The van der Waals surface area contributed by atoms with Gasteiger partial charge in [0.1, 0.15) is 5.82 Å². The number of rotatable bonds is 3. The first-order valence-corrected chi connectivity index (χ1v) is 5.83. The average molecular weight is 236 g/mol. The number of anilines is 1. The van der Waals surface area contributed by atoms with Crippen LogP contribution in [0.5, 0.6) is 0 Å². The largest absolute Gasteiger partial charge is 0.398 e. The highest BCUT2D eigenvalue weighted by Gasteiger charge is 2.33. The van der Waals surface area contributed by atoms with E-state index in [0.717, 1.165) is 12.8 Å². The number of hydrogen-bond donors (Lipinski definition) is 1. The summed E-state index contributed by atoms with van der Waals surface area (Å²) in [5.74, 6) is -0.0600. The van der Waals surface area contributed by atoms with Crippen LogP contribution in [0.4, 0.5) is 10.1 Å². The van der Waals surface area contributed by atoms with Gasteiger partial charge in [-0.2, -0.15) is 0 Å². The highest BCUT2D eigenvalue weighted by atomic mass is 19.1. The van der Waals surface area contributed by atoms with E-state index in [-0.39, 0.29) is 17.5 Å². The van der Waals surface area contributed by atoms with Crippen molar-refractivity contribution < 1.29 is 9.18 Å². The minimum absolute atomic E-state index is 0.185. The Morgan fingerprint density at radius 3 is 2.76 bits per heavy atom. The second-order valence-corrected chi connectivity index (χ2v) is 4.73. The van der Waals surface area contributed by atoms with Gasteiger partial charge in [0.25, 0.3) is 5.91 Å². The molecule has 0 heterocycles. The summed E-state index contributed by atoms with van der Waals surface area (Å²) in [6.45, 7) is 2.02. The highest BCUT2D eigenvalue weighted by Crippen LogP contribution is 2.35. The number of nitrogens with zero attached hydrogens (tertiary/aromatic N) is 1. The predicted molar refractivity (Wildman–Crippen MR) is 65.1 cm³/mol. The second-order valence-electron chi connectivity index (χ2n) is 4.73. The molecule has 0 aliphatic heterocycles. The molecule has 0 aromatic heterocycles. The van der Waals surface area contributed by atoms with E-state index in [1.165, 1.54) is 18.2 Å². The molecule has 1 aliphatic rings. The van der Waals surface area contributed by atoms with E-state index in [1.807, 2.05) is 6.92 Å². The van der Waals surface area contributed by atoms with Crippen molar-refractivity contribution in [3.63, 3.8) is 0 Å². The van der Waals surface area contributed by atoms with Gasteiger partial charge in [-0.25, -0.2) is 4.39 Å². The van der Waals surface area contributed by atoms with Gasteiger partial charge < -0.3 is 10.6 Å². The maximum absolute atomic E-state index is 13.1. The molecule has 1 unspecified atom stereocenters. The van der Waals surface area contributed by atoms with E-state index < -0.39 is 5.82 Å². The number of hydrogen-bond acceptors (Lipinski definition) is 2. The number of amides is 1. The number of halogens is 1. The van der Waals surface area contributed by atoms with Crippen LogP contribution >= 0.6 is 0 Å². The molecule has 3 nitrogen and oxygen atoms in total. The fourth-order valence-corrected chi connectivity index (χ4v) is 1.98. The first-order chi connectivity index (χ1) is 8.00. The quantitative estimate of drug-likeness (QED) is 0.818. The molecule has 0 saturated heterocycles. The Kier molecular flexibility index (Phi) is 3.05. The van der Waals surface area contributed by atoms with Crippen LogP contribution in [-0.4, -0.2) is 23.9 Å². The molecule has 4 heteroatoms. The number of nitrogens with two attached hydrogens (primary N) is 1. The van der Waals surface area contributed by atoms with E-state index >= 15 is 0 Å². The third kappa shape index (κ3) is 2.40. The maximum atomic E-state index is 13.1. The molecule has 2 N–H and O–H groups in total. The molecule has 1 aromatic carbocycles. The number of carbonyl (C=O) groups is 1. The second kappa shape index (κ2) is 4.35. The third-order valence-corrected chi connectivity index (χ3v) is 3.48. The first kappa shape index (κ1) is 11.9. The van der Waals surface area contributed by atoms with Gasteiger partial charge in [-0.3, -0.25) is 4.79 Å². The van der Waals surface area contributed by atoms with Crippen molar-refractivity contribution in [2.45, 2.75) is 25.8 Å². The summed E-state index contributed by atoms with van der Waals surface area (Å²) in [5.41, 5.74) is 6.28. The molecule has 1 atom stereocenters. The molecule has 0 radical (unpaired) electrons. The third-order valence-electron chi connectivity index (χ3n) is 3.48. The molecule has 1 amide bonds.